The van der Waals surface area contributed by atoms with E-state index in [4.69, 9.17) is 0 Å². The second-order valence-corrected chi connectivity index (χ2v) is 6.06. The maximum atomic E-state index is 12.7. The van der Waals surface area contributed by atoms with E-state index in [1.807, 2.05) is 11.8 Å². The van der Waals surface area contributed by atoms with E-state index in [9.17, 15) is 4.79 Å². The molecule has 1 aliphatic heterocycles. The first kappa shape index (κ1) is 14.1. The Morgan fingerprint density at radius 3 is 2.90 bits per heavy atom. The third kappa shape index (κ3) is 2.79. The van der Waals surface area contributed by atoms with Crippen LogP contribution in [-0.4, -0.2) is 51.4 Å². The number of hydrogen-bond donors (Lipinski definition) is 1. The highest BCUT2D eigenvalue weighted by molar-refractivity contribution is 7.17. The van der Waals surface area contributed by atoms with E-state index in [0.717, 1.165) is 25.3 Å². The van der Waals surface area contributed by atoms with Crippen LogP contribution in [0.15, 0.2) is 18.5 Å². The molecule has 1 atom stereocenters. The second kappa shape index (κ2) is 5.87. The molecule has 0 bridgehead atoms. The SMILES string of the molecule is Cc1nc(-c2ncccn2)sc1C(=O)N1CCNC[C@@H]1C. The molecule has 3 rings (SSSR count). The van der Waals surface area contributed by atoms with Crippen LogP contribution in [0.25, 0.3) is 10.8 Å². The van der Waals surface area contributed by atoms with Crippen molar-refractivity contribution in [3.8, 4) is 10.8 Å². The lowest BCUT2D eigenvalue weighted by Gasteiger charge is -2.33. The molecule has 2 aromatic heterocycles. The fraction of sp³-hybridized carbons (Fsp3) is 0.429. The van der Waals surface area contributed by atoms with Crippen LogP contribution < -0.4 is 5.32 Å². The Morgan fingerprint density at radius 1 is 1.43 bits per heavy atom. The van der Waals surface area contributed by atoms with Crippen molar-refractivity contribution in [1.29, 1.82) is 0 Å². The minimum absolute atomic E-state index is 0.0566. The number of aromatic nitrogens is 3. The normalized spacial score (nSPS) is 18.8. The molecule has 2 aromatic rings. The highest BCUT2D eigenvalue weighted by Crippen LogP contribution is 2.27. The minimum Gasteiger partial charge on any atom is -0.333 e. The predicted octanol–water partition coefficient (Wildman–Crippen LogP) is 1.34. The highest BCUT2D eigenvalue weighted by atomic mass is 32.1. The predicted molar refractivity (Wildman–Crippen MR) is 81.2 cm³/mol. The van der Waals surface area contributed by atoms with Gasteiger partial charge in [-0.1, -0.05) is 0 Å². The molecular weight excluding hydrogens is 286 g/mol. The Bertz CT molecular complexity index is 642. The molecular formula is C14H17N5OS. The van der Waals surface area contributed by atoms with Crippen molar-refractivity contribution < 1.29 is 4.79 Å². The Labute approximate surface area is 127 Å². The summed E-state index contributed by atoms with van der Waals surface area (Å²) >= 11 is 1.37. The first-order valence-corrected chi connectivity index (χ1v) is 7.75. The summed E-state index contributed by atoms with van der Waals surface area (Å²) in [5.74, 6) is 0.624. The summed E-state index contributed by atoms with van der Waals surface area (Å²) in [7, 11) is 0. The Balaban J connectivity index is 1.89. The van der Waals surface area contributed by atoms with E-state index >= 15 is 0 Å². The number of aryl methyl sites for hydroxylation is 1. The molecule has 0 unspecified atom stereocenters. The van der Waals surface area contributed by atoms with Gasteiger partial charge in [-0.2, -0.15) is 0 Å². The van der Waals surface area contributed by atoms with Gasteiger partial charge >= 0.3 is 0 Å². The first-order valence-electron chi connectivity index (χ1n) is 6.93. The number of carbonyl (C=O) groups excluding carboxylic acids is 1. The number of carbonyl (C=O) groups is 1. The molecule has 0 spiro atoms. The van der Waals surface area contributed by atoms with Gasteiger partial charge in [-0.15, -0.1) is 11.3 Å². The van der Waals surface area contributed by atoms with Crippen LogP contribution in [-0.2, 0) is 0 Å². The summed E-state index contributed by atoms with van der Waals surface area (Å²) in [4.78, 5) is 28.1. The van der Waals surface area contributed by atoms with Crippen LogP contribution in [0.5, 0.6) is 0 Å². The maximum absolute atomic E-state index is 12.7. The molecule has 3 heterocycles. The number of piperazine rings is 1. The molecule has 110 valence electrons. The van der Waals surface area contributed by atoms with E-state index < -0.39 is 0 Å². The topological polar surface area (TPSA) is 71.0 Å². The van der Waals surface area contributed by atoms with Crippen molar-refractivity contribution in [3.05, 3.63) is 29.0 Å². The van der Waals surface area contributed by atoms with Gasteiger partial charge in [0.25, 0.3) is 5.91 Å². The lowest BCUT2D eigenvalue weighted by molar-refractivity contribution is 0.0660. The summed E-state index contributed by atoms with van der Waals surface area (Å²) in [5, 5.41) is 3.98. The molecule has 1 fully saturated rings. The Morgan fingerprint density at radius 2 is 2.19 bits per heavy atom. The van der Waals surface area contributed by atoms with Crippen molar-refractivity contribution in [2.24, 2.45) is 0 Å². The third-order valence-electron chi connectivity index (χ3n) is 3.51. The summed E-state index contributed by atoms with van der Waals surface area (Å²) < 4.78 is 0. The number of hydrogen-bond acceptors (Lipinski definition) is 6. The minimum atomic E-state index is 0.0566. The van der Waals surface area contributed by atoms with Gasteiger partial charge < -0.3 is 10.2 Å². The van der Waals surface area contributed by atoms with Gasteiger partial charge in [0.15, 0.2) is 10.8 Å². The largest absolute Gasteiger partial charge is 0.333 e. The van der Waals surface area contributed by atoms with Crippen LogP contribution in [0.1, 0.15) is 22.3 Å². The van der Waals surface area contributed by atoms with E-state index in [0.29, 0.717) is 15.7 Å². The lowest BCUT2D eigenvalue weighted by atomic mass is 10.2. The molecule has 1 N–H and O–H groups in total. The fourth-order valence-corrected chi connectivity index (χ4v) is 3.34. The molecule has 1 aliphatic rings. The smallest absolute Gasteiger partial charge is 0.266 e. The maximum Gasteiger partial charge on any atom is 0.266 e. The van der Waals surface area contributed by atoms with Crippen molar-refractivity contribution in [2.45, 2.75) is 19.9 Å². The van der Waals surface area contributed by atoms with Crippen LogP contribution in [0.3, 0.4) is 0 Å². The summed E-state index contributed by atoms with van der Waals surface area (Å²) in [6.07, 6.45) is 3.36. The molecule has 0 saturated carbocycles. The van der Waals surface area contributed by atoms with Gasteiger partial charge in [0.1, 0.15) is 4.88 Å². The number of nitrogens with one attached hydrogen (secondary N) is 1. The molecule has 6 nitrogen and oxygen atoms in total. The molecule has 1 amide bonds. The second-order valence-electron chi connectivity index (χ2n) is 5.06. The van der Waals surface area contributed by atoms with Crippen LogP contribution >= 0.6 is 11.3 Å². The van der Waals surface area contributed by atoms with Crippen LogP contribution in [0.4, 0.5) is 0 Å². The van der Waals surface area contributed by atoms with Crippen molar-refractivity contribution >= 4 is 17.2 Å². The zero-order valence-corrected chi connectivity index (χ0v) is 12.9. The van der Waals surface area contributed by atoms with Gasteiger partial charge in [0.05, 0.1) is 5.69 Å². The van der Waals surface area contributed by atoms with E-state index in [1.54, 1.807) is 18.5 Å². The summed E-state index contributed by atoms with van der Waals surface area (Å²) in [6.45, 7) is 6.32. The molecule has 1 saturated heterocycles. The van der Waals surface area contributed by atoms with Gasteiger partial charge in [-0.25, -0.2) is 15.0 Å². The number of nitrogens with zero attached hydrogens (tertiary/aromatic N) is 4. The zero-order valence-electron chi connectivity index (χ0n) is 12.0. The van der Waals surface area contributed by atoms with Gasteiger partial charge in [-0.3, -0.25) is 4.79 Å². The summed E-state index contributed by atoms with van der Waals surface area (Å²) in [5.41, 5.74) is 0.748. The molecule has 0 radical (unpaired) electrons. The van der Waals surface area contributed by atoms with Crippen molar-refractivity contribution in [3.63, 3.8) is 0 Å². The molecule has 7 heteroatoms. The van der Waals surface area contributed by atoms with E-state index in [1.165, 1.54) is 11.3 Å². The Hall–Kier alpha value is -1.86. The molecule has 0 aromatic carbocycles. The quantitative estimate of drug-likeness (QED) is 0.906. The summed E-state index contributed by atoms with van der Waals surface area (Å²) in [6, 6.07) is 1.96. The zero-order chi connectivity index (χ0) is 14.8. The van der Waals surface area contributed by atoms with E-state index in [-0.39, 0.29) is 11.9 Å². The van der Waals surface area contributed by atoms with Crippen LogP contribution in [0, 0.1) is 6.92 Å². The van der Waals surface area contributed by atoms with Gasteiger partial charge in [-0.05, 0) is 19.9 Å². The monoisotopic (exact) mass is 303 g/mol. The average Bonchev–Trinajstić information content (AvgIpc) is 2.90. The molecule has 0 aliphatic carbocycles. The lowest BCUT2D eigenvalue weighted by Crippen LogP contribution is -2.52. The van der Waals surface area contributed by atoms with Gasteiger partial charge in [0.2, 0.25) is 0 Å². The third-order valence-corrected chi connectivity index (χ3v) is 4.65. The number of rotatable bonds is 2. The van der Waals surface area contributed by atoms with E-state index in [2.05, 4.69) is 27.2 Å². The van der Waals surface area contributed by atoms with Gasteiger partial charge in [0, 0.05) is 38.1 Å². The number of thiazole rings is 1. The standard InChI is InChI=1S/C14H17N5OS/c1-9-8-15-6-7-19(9)14(20)11-10(2)18-13(21-11)12-16-4-3-5-17-12/h3-5,9,15H,6-8H2,1-2H3/t9-/m0/s1. The average molecular weight is 303 g/mol. The van der Waals surface area contributed by atoms with Crippen LogP contribution in [0.2, 0.25) is 0 Å². The highest BCUT2D eigenvalue weighted by Gasteiger charge is 2.27. The fourth-order valence-electron chi connectivity index (χ4n) is 2.37. The van der Waals surface area contributed by atoms with Crippen molar-refractivity contribution in [1.82, 2.24) is 25.2 Å². The number of amides is 1. The Kier molecular flexibility index (Phi) is 3.94. The first-order chi connectivity index (χ1) is 10.2. The molecule has 21 heavy (non-hydrogen) atoms. The van der Waals surface area contributed by atoms with Crippen molar-refractivity contribution in [2.75, 3.05) is 19.6 Å².